The van der Waals surface area contributed by atoms with Crippen LogP contribution in [0.2, 0.25) is 0 Å². The number of halogens is 1. The van der Waals surface area contributed by atoms with Gasteiger partial charge in [0.15, 0.2) is 0 Å². The molecule has 0 spiro atoms. The van der Waals surface area contributed by atoms with Crippen LogP contribution < -0.4 is 9.47 Å². The predicted molar refractivity (Wildman–Crippen MR) is 96.7 cm³/mol. The smallest absolute Gasteiger partial charge is 0.239 e. The number of methoxy groups -OCH3 is 2. The zero-order chi connectivity index (χ0) is 17.9. The third-order valence-corrected chi connectivity index (χ3v) is 5.88. The highest BCUT2D eigenvalue weighted by atomic mass is 35.7. The van der Waals surface area contributed by atoms with Gasteiger partial charge in [0.1, 0.15) is 16.7 Å². The summed E-state index contributed by atoms with van der Waals surface area (Å²) in [5.41, 5.74) is 3.37. The van der Waals surface area contributed by atoms with E-state index in [1.54, 1.807) is 26.4 Å². The maximum atomic E-state index is 12.2. The number of hydrogen-bond donors (Lipinski definition) is 0. The highest BCUT2D eigenvalue weighted by Gasteiger charge is 2.28. The lowest BCUT2D eigenvalue weighted by atomic mass is 9.97. The fourth-order valence-electron chi connectivity index (χ4n) is 2.65. The van der Waals surface area contributed by atoms with Crippen molar-refractivity contribution in [1.29, 1.82) is 0 Å². The quantitative estimate of drug-likeness (QED) is 0.718. The Kier molecular flexibility index (Phi) is 5.78. The second kappa shape index (κ2) is 7.45. The van der Waals surface area contributed by atoms with E-state index in [4.69, 9.17) is 20.2 Å². The summed E-state index contributed by atoms with van der Waals surface area (Å²) in [6.45, 7) is 3.80. The van der Waals surface area contributed by atoms with E-state index >= 15 is 0 Å². The van der Waals surface area contributed by atoms with Crippen LogP contribution in [0.15, 0.2) is 36.4 Å². The summed E-state index contributed by atoms with van der Waals surface area (Å²) in [6, 6.07) is 11.0. The van der Waals surface area contributed by atoms with Crippen molar-refractivity contribution in [3.63, 3.8) is 0 Å². The van der Waals surface area contributed by atoms with Gasteiger partial charge in [0, 0.05) is 10.7 Å². The molecule has 0 fully saturated rings. The number of rotatable bonds is 6. The SMILES string of the molecule is COc1ccc(C)c(CC(c2cc(OC)ccc2C)S(=O)(=O)Cl)c1. The molecule has 0 N–H and O–H groups in total. The van der Waals surface area contributed by atoms with Gasteiger partial charge in [-0.3, -0.25) is 0 Å². The van der Waals surface area contributed by atoms with Crippen LogP contribution in [0.1, 0.15) is 27.5 Å². The third kappa shape index (κ3) is 4.22. The molecule has 2 aromatic carbocycles. The molecule has 6 heteroatoms. The van der Waals surface area contributed by atoms with E-state index in [9.17, 15) is 8.42 Å². The molecule has 0 aliphatic rings. The fraction of sp³-hybridized carbons (Fsp3) is 0.333. The van der Waals surface area contributed by atoms with E-state index in [1.165, 1.54) is 0 Å². The van der Waals surface area contributed by atoms with Crippen molar-refractivity contribution >= 4 is 19.7 Å². The molecule has 0 amide bonds. The lowest BCUT2D eigenvalue weighted by molar-refractivity contribution is 0.413. The van der Waals surface area contributed by atoms with Crippen LogP contribution in [-0.4, -0.2) is 22.6 Å². The van der Waals surface area contributed by atoms with Gasteiger partial charge in [0.25, 0.3) is 0 Å². The standard InChI is InChI=1S/C18H21ClO4S/c1-12-5-7-15(22-3)9-14(12)10-18(24(19,20)21)17-11-16(23-4)8-6-13(17)2/h5-9,11,18H,10H2,1-4H3. The van der Waals surface area contributed by atoms with Crippen molar-refractivity contribution in [3.8, 4) is 11.5 Å². The maximum absolute atomic E-state index is 12.2. The summed E-state index contributed by atoms with van der Waals surface area (Å²) in [5.74, 6) is 1.28. The van der Waals surface area contributed by atoms with Gasteiger partial charge < -0.3 is 9.47 Å². The molecule has 1 unspecified atom stereocenters. The summed E-state index contributed by atoms with van der Waals surface area (Å²) in [5, 5.41) is -0.861. The molecule has 1 atom stereocenters. The van der Waals surface area contributed by atoms with E-state index in [-0.39, 0.29) is 6.42 Å². The number of hydrogen-bond acceptors (Lipinski definition) is 4. The van der Waals surface area contributed by atoms with Crippen LogP contribution in [0.4, 0.5) is 0 Å². The molecular weight excluding hydrogens is 348 g/mol. The number of benzene rings is 2. The topological polar surface area (TPSA) is 52.6 Å². The van der Waals surface area contributed by atoms with Gasteiger partial charge in [-0.2, -0.15) is 0 Å². The number of aryl methyl sites for hydroxylation is 2. The van der Waals surface area contributed by atoms with Crippen molar-refractivity contribution in [3.05, 3.63) is 58.7 Å². The first-order valence-electron chi connectivity index (χ1n) is 7.47. The summed E-state index contributed by atoms with van der Waals surface area (Å²) in [7, 11) is 5.08. The highest BCUT2D eigenvalue weighted by molar-refractivity contribution is 8.13. The van der Waals surface area contributed by atoms with Gasteiger partial charge >= 0.3 is 0 Å². The second-order valence-electron chi connectivity index (χ2n) is 5.68. The second-order valence-corrected chi connectivity index (χ2v) is 8.49. The summed E-state index contributed by atoms with van der Waals surface area (Å²) in [4.78, 5) is 0. The Morgan fingerprint density at radius 1 is 0.958 bits per heavy atom. The minimum absolute atomic E-state index is 0.267. The molecule has 0 saturated heterocycles. The molecule has 0 saturated carbocycles. The van der Waals surface area contributed by atoms with E-state index in [2.05, 4.69) is 0 Å². The maximum Gasteiger partial charge on any atom is 0.239 e. The first-order valence-corrected chi connectivity index (χ1v) is 9.85. The summed E-state index contributed by atoms with van der Waals surface area (Å²) in [6.07, 6.45) is 0.267. The molecule has 2 aromatic rings. The monoisotopic (exact) mass is 368 g/mol. The molecule has 24 heavy (non-hydrogen) atoms. The predicted octanol–water partition coefficient (Wildman–Crippen LogP) is 4.17. The Bertz CT molecular complexity index is 831. The molecular formula is C18H21ClO4S. The summed E-state index contributed by atoms with van der Waals surface area (Å²) < 4.78 is 35.0. The van der Waals surface area contributed by atoms with Crippen LogP contribution in [0.3, 0.4) is 0 Å². The van der Waals surface area contributed by atoms with Crippen molar-refractivity contribution < 1.29 is 17.9 Å². The Morgan fingerprint density at radius 3 is 2.04 bits per heavy atom. The van der Waals surface area contributed by atoms with E-state index in [0.717, 1.165) is 16.7 Å². The fourth-order valence-corrected chi connectivity index (χ4v) is 4.06. The molecule has 4 nitrogen and oxygen atoms in total. The third-order valence-electron chi connectivity index (χ3n) is 4.13. The van der Waals surface area contributed by atoms with Crippen molar-refractivity contribution in [1.82, 2.24) is 0 Å². The highest BCUT2D eigenvalue weighted by Crippen LogP contribution is 2.35. The van der Waals surface area contributed by atoms with E-state index in [0.29, 0.717) is 17.1 Å². The lowest BCUT2D eigenvalue weighted by Crippen LogP contribution is -2.13. The molecule has 0 heterocycles. The zero-order valence-electron chi connectivity index (χ0n) is 14.2. The largest absolute Gasteiger partial charge is 0.497 e. The zero-order valence-corrected chi connectivity index (χ0v) is 15.7. The van der Waals surface area contributed by atoms with E-state index in [1.807, 2.05) is 38.1 Å². The Labute approximate surface area is 147 Å². The van der Waals surface area contributed by atoms with Crippen molar-refractivity contribution in [2.75, 3.05) is 14.2 Å². The van der Waals surface area contributed by atoms with Gasteiger partial charge in [0.05, 0.1) is 14.2 Å². The molecule has 130 valence electrons. The summed E-state index contributed by atoms with van der Waals surface area (Å²) >= 11 is 0. The van der Waals surface area contributed by atoms with Gasteiger partial charge in [-0.1, -0.05) is 12.1 Å². The van der Waals surface area contributed by atoms with Crippen LogP contribution in [0.5, 0.6) is 11.5 Å². The van der Waals surface area contributed by atoms with Crippen LogP contribution >= 0.6 is 10.7 Å². The Hall–Kier alpha value is -1.72. The van der Waals surface area contributed by atoms with Crippen LogP contribution in [-0.2, 0) is 15.5 Å². The Balaban J connectivity index is 2.52. The minimum atomic E-state index is -3.82. The molecule has 0 radical (unpaired) electrons. The van der Waals surface area contributed by atoms with Crippen molar-refractivity contribution in [2.24, 2.45) is 0 Å². The average molecular weight is 369 g/mol. The van der Waals surface area contributed by atoms with Gasteiger partial charge in [-0.15, -0.1) is 0 Å². The normalized spacial score (nSPS) is 12.7. The molecule has 2 rings (SSSR count). The molecule has 0 bridgehead atoms. The first kappa shape index (κ1) is 18.6. The van der Waals surface area contributed by atoms with Crippen LogP contribution in [0, 0.1) is 13.8 Å². The van der Waals surface area contributed by atoms with Gasteiger partial charge in [-0.25, -0.2) is 8.42 Å². The number of ether oxygens (including phenoxy) is 2. The average Bonchev–Trinajstić information content (AvgIpc) is 2.54. The molecule has 0 aromatic heterocycles. The van der Waals surface area contributed by atoms with Gasteiger partial charge in [0.2, 0.25) is 9.05 Å². The molecule has 0 aliphatic heterocycles. The van der Waals surface area contributed by atoms with Crippen molar-refractivity contribution in [2.45, 2.75) is 25.5 Å². The van der Waals surface area contributed by atoms with Gasteiger partial charge in [-0.05, 0) is 66.8 Å². The van der Waals surface area contributed by atoms with Crippen LogP contribution in [0.25, 0.3) is 0 Å². The lowest BCUT2D eigenvalue weighted by Gasteiger charge is -2.19. The first-order chi connectivity index (χ1) is 11.3. The minimum Gasteiger partial charge on any atom is -0.497 e. The molecule has 0 aliphatic carbocycles. The Morgan fingerprint density at radius 2 is 1.50 bits per heavy atom. The van der Waals surface area contributed by atoms with E-state index < -0.39 is 14.3 Å².